The van der Waals surface area contributed by atoms with Crippen molar-refractivity contribution in [2.24, 2.45) is 5.73 Å². The first-order valence-corrected chi connectivity index (χ1v) is 6.08. The number of nitrogen functional groups attached to an aromatic ring is 1. The van der Waals surface area contributed by atoms with Gasteiger partial charge in [0, 0.05) is 11.8 Å². The van der Waals surface area contributed by atoms with Gasteiger partial charge >= 0.3 is 0 Å². The molecule has 0 unspecified atom stereocenters. The lowest BCUT2D eigenvalue weighted by Gasteiger charge is -2.07. The van der Waals surface area contributed by atoms with Gasteiger partial charge in [0.1, 0.15) is 11.6 Å². The number of carbonyl (C=O) groups excluding carboxylic acids is 1. The number of hydrogen-bond donors (Lipinski definition) is 2. The highest BCUT2D eigenvalue weighted by molar-refractivity contribution is 9.10. The van der Waals surface area contributed by atoms with Crippen LogP contribution in [0.3, 0.4) is 0 Å². The molecule has 2 rings (SSSR count). The number of aromatic nitrogens is 2. The molecule has 0 saturated carbocycles. The molecule has 0 spiro atoms. The molecule has 0 atom stereocenters. The Bertz CT molecular complexity index is 646. The average molecular weight is 323 g/mol. The molecular formula is C12H11BrN4O2. The minimum atomic E-state index is -0.653. The van der Waals surface area contributed by atoms with E-state index in [-0.39, 0.29) is 11.4 Å². The molecule has 4 N–H and O–H groups in total. The van der Waals surface area contributed by atoms with Crippen LogP contribution in [0.1, 0.15) is 10.4 Å². The Labute approximate surface area is 117 Å². The summed E-state index contributed by atoms with van der Waals surface area (Å²) in [5.41, 5.74) is 11.7. The first kappa shape index (κ1) is 13.3. The molecule has 0 aliphatic heterocycles. The molecule has 6 nitrogen and oxygen atoms in total. The van der Waals surface area contributed by atoms with Gasteiger partial charge in [0.15, 0.2) is 5.82 Å². The molecule has 0 radical (unpaired) electrons. The lowest BCUT2D eigenvalue weighted by Crippen LogP contribution is -2.15. The van der Waals surface area contributed by atoms with E-state index in [0.29, 0.717) is 11.6 Å². The third-order valence-corrected chi connectivity index (χ3v) is 3.11. The van der Waals surface area contributed by atoms with E-state index in [2.05, 4.69) is 25.9 Å². The Balaban J connectivity index is 2.45. The van der Waals surface area contributed by atoms with E-state index in [0.717, 1.165) is 10.0 Å². The van der Waals surface area contributed by atoms with Gasteiger partial charge in [0.2, 0.25) is 0 Å². The van der Waals surface area contributed by atoms with Gasteiger partial charge in [0.25, 0.3) is 5.91 Å². The second kappa shape index (κ2) is 5.23. The number of anilines is 1. The van der Waals surface area contributed by atoms with Crippen molar-refractivity contribution in [2.45, 2.75) is 0 Å². The third kappa shape index (κ3) is 2.65. The van der Waals surface area contributed by atoms with Crippen LogP contribution in [0.5, 0.6) is 5.75 Å². The summed E-state index contributed by atoms with van der Waals surface area (Å²) in [6.07, 6.45) is 1.32. The van der Waals surface area contributed by atoms with Crippen molar-refractivity contribution in [3.05, 3.63) is 34.4 Å². The van der Waals surface area contributed by atoms with Crippen LogP contribution in [-0.2, 0) is 0 Å². The zero-order valence-corrected chi connectivity index (χ0v) is 11.6. The summed E-state index contributed by atoms with van der Waals surface area (Å²) in [5, 5.41) is 0. The van der Waals surface area contributed by atoms with Gasteiger partial charge in [-0.3, -0.25) is 4.79 Å². The van der Waals surface area contributed by atoms with E-state index < -0.39 is 5.91 Å². The molecule has 0 fully saturated rings. The predicted molar refractivity (Wildman–Crippen MR) is 74.7 cm³/mol. The second-order valence-electron chi connectivity index (χ2n) is 3.71. The Kier molecular flexibility index (Phi) is 3.66. The van der Waals surface area contributed by atoms with Crippen LogP contribution in [0, 0.1) is 0 Å². The van der Waals surface area contributed by atoms with Gasteiger partial charge in [-0.05, 0) is 34.1 Å². The van der Waals surface area contributed by atoms with Gasteiger partial charge in [0.05, 0.1) is 17.1 Å². The molecule has 1 aromatic carbocycles. The Hall–Kier alpha value is -2.15. The van der Waals surface area contributed by atoms with Gasteiger partial charge in [-0.1, -0.05) is 0 Å². The van der Waals surface area contributed by atoms with Crippen LogP contribution < -0.4 is 16.2 Å². The van der Waals surface area contributed by atoms with Gasteiger partial charge < -0.3 is 16.2 Å². The van der Waals surface area contributed by atoms with Crippen LogP contribution in [-0.4, -0.2) is 23.0 Å². The van der Waals surface area contributed by atoms with Crippen molar-refractivity contribution in [2.75, 3.05) is 12.8 Å². The van der Waals surface area contributed by atoms with Gasteiger partial charge in [-0.2, -0.15) is 0 Å². The Morgan fingerprint density at radius 3 is 2.68 bits per heavy atom. The highest BCUT2D eigenvalue weighted by atomic mass is 79.9. The monoisotopic (exact) mass is 322 g/mol. The number of hydrogen-bond acceptors (Lipinski definition) is 5. The van der Waals surface area contributed by atoms with Crippen molar-refractivity contribution < 1.29 is 9.53 Å². The number of primary amides is 1. The number of carbonyl (C=O) groups is 1. The molecule has 0 aliphatic carbocycles. The van der Waals surface area contributed by atoms with Gasteiger partial charge in [-0.15, -0.1) is 0 Å². The molecule has 19 heavy (non-hydrogen) atoms. The third-order valence-electron chi connectivity index (χ3n) is 2.49. The summed E-state index contributed by atoms with van der Waals surface area (Å²) in [6, 6.07) is 5.38. The number of ether oxygens (including phenoxy) is 1. The molecule has 7 heteroatoms. The lowest BCUT2D eigenvalue weighted by molar-refractivity contribution is 0.100. The first-order valence-electron chi connectivity index (χ1n) is 5.29. The number of methoxy groups -OCH3 is 1. The normalized spacial score (nSPS) is 10.2. The molecule has 1 aromatic heterocycles. The number of nitrogens with zero attached hydrogens (tertiary/aromatic N) is 2. The van der Waals surface area contributed by atoms with E-state index in [1.807, 2.05) is 0 Å². The highest BCUT2D eigenvalue weighted by Gasteiger charge is 2.11. The zero-order chi connectivity index (χ0) is 14.0. The van der Waals surface area contributed by atoms with Crippen molar-refractivity contribution in [1.82, 2.24) is 9.97 Å². The van der Waals surface area contributed by atoms with Crippen molar-refractivity contribution >= 4 is 27.7 Å². The number of halogens is 1. The maximum atomic E-state index is 11.0. The van der Waals surface area contributed by atoms with E-state index in [1.165, 1.54) is 6.20 Å². The quantitative estimate of drug-likeness (QED) is 0.893. The molecule has 2 aromatic rings. The molecule has 0 bridgehead atoms. The summed E-state index contributed by atoms with van der Waals surface area (Å²) < 4.78 is 5.91. The molecule has 1 amide bonds. The summed E-state index contributed by atoms with van der Waals surface area (Å²) in [7, 11) is 1.58. The highest BCUT2D eigenvalue weighted by Crippen LogP contribution is 2.29. The average Bonchev–Trinajstić information content (AvgIpc) is 2.38. The number of nitrogens with two attached hydrogens (primary N) is 2. The van der Waals surface area contributed by atoms with E-state index in [9.17, 15) is 4.79 Å². The van der Waals surface area contributed by atoms with Crippen LogP contribution in [0.25, 0.3) is 11.4 Å². The molecular weight excluding hydrogens is 312 g/mol. The first-order chi connectivity index (χ1) is 9.02. The molecule has 1 heterocycles. The lowest BCUT2D eigenvalue weighted by atomic mass is 10.2. The summed E-state index contributed by atoms with van der Waals surface area (Å²) in [5.74, 6) is 0.515. The topological polar surface area (TPSA) is 104 Å². The van der Waals surface area contributed by atoms with Gasteiger partial charge in [-0.25, -0.2) is 9.97 Å². The van der Waals surface area contributed by atoms with Crippen molar-refractivity contribution in [3.63, 3.8) is 0 Å². The fourth-order valence-corrected chi connectivity index (χ4v) is 2.07. The maximum absolute atomic E-state index is 11.0. The summed E-state index contributed by atoms with van der Waals surface area (Å²) in [4.78, 5) is 19.2. The van der Waals surface area contributed by atoms with E-state index >= 15 is 0 Å². The van der Waals surface area contributed by atoms with E-state index in [1.54, 1.807) is 25.3 Å². The fourth-order valence-electron chi connectivity index (χ4n) is 1.53. The number of benzene rings is 1. The SMILES string of the molecule is COc1ccc(-c2ncc(C(N)=O)c(N)n2)cc1Br. The molecule has 98 valence electrons. The minimum Gasteiger partial charge on any atom is -0.496 e. The van der Waals surface area contributed by atoms with Crippen LogP contribution in [0.2, 0.25) is 0 Å². The van der Waals surface area contributed by atoms with Crippen LogP contribution >= 0.6 is 15.9 Å². The number of rotatable bonds is 3. The second-order valence-corrected chi connectivity index (χ2v) is 4.56. The van der Waals surface area contributed by atoms with Crippen LogP contribution in [0.15, 0.2) is 28.9 Å². The predicted octanol–water partition coefficient (Wildman–Crippen LogP) is 1.60. The van der Waals surface area contributed by atoms with E-state index in [4.69, 9.17) is 16.2 Å². The summed E-state index contributed by atoms with van der Waals surface area (Å²) in [6.45, 7) is 0. The molecule has 0 aliphatic rings. The maximum Gasteiger partial charge on any atom is 0.254 e. The zero-order valence-electron chi connectivity index (χ0n) is 10.1. The Morgan fingerprint density at radius 2 is 2.16 bits per heavy atom. The molecule has 0 saturated heterocycles. The van der Waals surface area contributed by atoms with Crippen molar-refractivity contribution in [3.8, 4) is 17.1 Å². The standard InChI is InChI=1S/C12H11BrN4O2/c1-19-9-3-2-6(4-8(9)13)12-16-5-7(11(15)18)10(14)17-12/h2-5H,1H3,(H2,15,18)(H2,14,16,17). The summed E-state index contributed by atoms with van der Waals surface area (Å²) >= 11 is 3.37. The fraction of sp³-hybridized carbons (Fsp3) is 0.0833. The van der Waals surface area contributed by atoms with Crippen LogP contribution in [0.4, 0.5) is 5.82 Å². The van der Waals surface area contributed by atoms with Crippen molar-refractivity contribution in [1.29, 1.82) is 0 Å². The Morgan fingerprint density at radius 1 is 1.42 bits per heavy atom. The minimum absolute atomic E-state index is 0.0597. The number of amides is 1. The smallest absolute Gasteiger partial charge is 0.254 e. The largest absolute Gasteiger partial charge is 0.496 e.